The number of hydrogen-bond acceptors (Lipinski definition) is 4. The van der Waals surface area contributed by atoms with Gasteiger partial charge in [-0.05, 0) is 24.3 Å². The summed E-state index contributed by atoms with van der Waals surface area (Å²) in [5, 5.41) is 9.50. The number of aldehydes is 1. The molecular formula is C13H11NO4. The largest absolute Gasteiger partial charge is 0.508 e. The topological polar surface area (TPSA) is 68.5 Å². The van der Waals surface area contributed by atoms with Gasteiger partial charge in [0.2, 0.25) is 0 Å². The molecule has 0 spiro atoms. The summed E-state index contributed by atoms with van der Waals surface area (Å²) < 4.78 is 6.18. The van der Waals surface area contributed by atoms with Crippen molar-refractivity contribution < 1.29 is 19.4 Å². The van der Waals surface area contributed by atoms with Crippen molar-refractivity contribution in [2.24, 2.45) is 0 Å². The van der Waals surface area contributed by atoms with Gasteiger partial charge in [-0.3, -0.25) is 4.79 Å². The molecule has 1 aromatic heterocycles. The van der Waals surface area contributed by atoms with E-state index < -0.39 is 5.97 Å². The molecule has 0 unspecified atom stereocenters. The van der Waals surface area contributed by atoms with E-state index in [0.717, 1.165) is 0 Å². The molecule has 1 N–H and O–H groups in total. The average Bonchev–Trinajstić information content (AvgIpc) is 2.85. The van der Waals surface area contributed by atoms with Gasteiger partial charge in [0.25, 0.3) is 0 Å². The summed E-state index contributed by atoms with van der Waals surface area (Å²) in [6.45, 7) is 0. The summed E-state index contributed by atoms with van der Waals surface area (Å²) >= 11 is 0. The minimum Gasteiger partial charge on any atom is -0.508 e. The summed E-state index contributed by atoms with van der Waals surface area (Å²) in [6, 6.07) is 7.52. The van der Waals surface area contributed by atoms with Crippen LogP contribution in [0.2, 0.25) is 0 Å². The Hall–Kier alpha value is -2.56. The number of aromatic hydroxyl groups is 1. The fraction of sp³-hybridized carbons (Fsp3) is 0.0769. The van der Waals surface area contributed by atoms with Crippen LogP contribution in [0.5, 0.6) is 5.75 Å². The highest BCUT2D eigenvalue weighted by molar-refractivity contribution is 5.94. The van der Waals surface area contributed by atoms with Gasteiger partial charge in [-0.2, -0.15) is 0 Å². The predicted molar refractivity (Wildman–Crippen MR) is 64.2 cm³/mol. The van der Waals surface area contributed by atoms with E-state index in [9.17, 15) is 14.7 Å². The number of methoxy groups -OCH3 is 1. The zero-order valence-corrected chi connectivity index (χ0v) is 9.66. The number of hydrogen-bond donors (Lipinski definition) is 1. The molecule has 0 radical (unpaired) electrons. The fourth-order valence-electron chi connectivity index (χ4n) is 1.71. The van der Waals surface area contributed by atoms with E-state index in [1.807, 2.05) is 0 Å². The van der Waals surface area contributed by atoms with E-state index in [1.54, 1.807) is 18.3 Å². The molecule has 1 heterocycles. The second kappa shape index (κ2) is 4.75. The third kappa shape index (κ3) is 1.98. The molecule has 2 aromatic rings. The normalized spacial score (nSPS) is 10.1. The summed E-state index contributed by atoms with van der Waals surface area (Å²) in [5.41, 5.74) is 1.05. The third-order valence-corrected chi connectivity index (χ3v) is 2.55. The van der Waals surface area contributed by atoms with Gasteiger partial charge in [-0.1, -0.05) is 0 Å². The Balaban J connectivity index is 2.65. The van der Waals surface area contributed by atoms with Crippen LogP contribution in [0.4, 0.5) is 0 Å². The maximum Gasteiger partial charge on any atom is 0.339 e. The molecular weight excluding hydrogens is 234 g/mol. The first-order valence-electron chi connectivity index (χ1n) is 5.21. The lowest BCUT2D eigenvalue weighted by atomic mass is 10.1. The van der Waals surface area contributed by atoms with Gasteiger partial charge in [-0.25, -0.2) is 4.79 Å². The molecule has 5 nitrogen and oxygen atoms in total. The molecule has 92 valence electrons. The van der Waals surface area contributed by atoms with Crippen LogP contribution in [0.25, 0.3) is 5.69 Å². The molecule has 0 aliphatic carbocycles. The zero-order valence-electron chi connectivity index (χ0n) is 9.66. The quantitative estimate of drug-likeness (QED) is 0.661. The van der Waals surface area contributed by atoms with Crippen LogP contribution in [0, 0.1) is 0 Å². The number of aromatic nitrogens is 1. The van der Waals surface area contributed by atoms with Crippen LogP contribution in [-0.2, 0) is 4.74 Å². The summed E-state index contributed by atoms with van der Waals surface area (Å²) in [4.78, 5) is 22.5. The Morgan fingerprint density at radius 2 is 2.17 bits per heavy atom. The highest BCUT2D eigenvalue weighted by Crippen LogP contribution is 2.22. The smallest absolute Gasteiger partial charge is 0.339 e. The van der Waals surface area contributed by atoms with Crippen molar-refractivity contribution in [3.8, 4) is 11.4 Å². The van der Waals surface area contributed by atoms with Crippen molar-refractivity contribution in [3.05, 3.63) is 47.8 Å². The standard InChI is InChI=1S/C13H11NO4/c1-18-13(17)11-5-4-10(16)7-12(11)14-6-2-3-9(14)8-15/h2-8,16H,1H3. The van der Waals surface area contributed by atoms with E-state index in [-0.39, 0.29) is 11.3 Å². The SMILES string of the molecule is COC(=O)c1ccc(O)cc1-n1cccc1C=O. The van der Waals surface area contributed by atoms with Gasteiger partial charge in [-0.15, -0.1) is 0 Å². The van der Waals surface area contributed by atoms with Crippen molar-refractivity contribution >= 4 is 12.3 Å². The van der Waals surface area contributed by atoms with Crippen LogP contribution < -0.4 is 0 Å². The van der Waals surface area contributed by atoms with Gasteiger partial charge in [0, 0.05) is 12.3 Å². The van der Waals surface area contributed by atoms with Crippen LogP contribution in [-0.4, -0.2) is 29.0 Å². The summed E-state index contributed by atoms with van der Waals surface area (Å²) in [6.07, 6.45) is 2.30. The number of ether oxygens (including phenoxy) is 1. The van der Waals surface area contributed by atoms with Crippen molar-refractivity contribution in [1.29, 1.82) is 0 Å². The maximum absolute atomic E-state index is 11.6. The lowest BCUT2D eigenvalue weighted by Crippen LogP contribution is -2.08. The number of phenolic OH excluding ortho intramolecular Hbond substituents is 1. The van der Waals surface area contributed by atoms with Gasteiger partial charge < -0.3 is 14.4 Å². The van der Waals surface area contributed by atoms with Crippen LogP contribution in [0.3, 0.4) is 0 Å². The van der Waals surface area contributed by atoms with Crippen LogP contribution in [0.1, 0.15) is 20.8 Å². The fourth-order valence-corrected chi connectivity index (χ4v) is 1.71. The summed E-state index contributed by atoms with van der Waals surface area (Å²) in [7, 11) is 1.27. The average molecular weight is 245 g/mol. The molecule has 0 fully saturated rings. The lowest BCUT2D eigenvalue weighted by molar-refractivity contribution is 0.0600. The number of carbonyl (C=O) groups excluding carboxylic acids is 2. The molecule has 0 atom stereocenters. The molecule has 5 heteroatoms. The molecule has 0 aliphatic rings. The third-order valence-electron chi connectivity index (χ3n) is 2.55. The first kappa shape index (κ1) is 11.9. The zero-order chi connectivity index (χ0) is 13.1. The first-order valence-corrected chi connectivity index (χ1v) is 5.21. The molecule has 0 saturated carbocycles. The number of nitrogens with zero attached hydrogens (tertiary/aromatic N) is 1. The molecule has 1 aromatic carbocycles. The number of esters is 1. The van der Waals surface area contributed by atoms with Crippen molar-refractivity contribution in [2.45, 2.75) is 0 Å². The van der Waals surface area contributed by atoms with E-state index in [4.69, 9.17) is 0 Å². The molecule has 0 aliphatic heterocycles. The second-order valence-electron chi connectivity index (χ2n) is 3.61. The van der Waals surface area contributed by atoms with E-state index >= 15 is 0 Å². The second-order valence-corrected chi connectivity index (χ2v) is 3.61. The maximum atomic E-state index is 11.6. The van der Waals surface area contributed by atoms with E-state index in [1.165, 1.54) is 29.9 Å². The Labute approximate surface area is 103 Å². The first-order chi connectivity index (χ1) is 8.67. The minimum atomic E-state index is -0.532. The number of rotatable bonds is 3. The van der Waals surface area contributed by atoms with Crippen molar-refractivity contribution in [3.63, 3.8) is 0 Å². The van der Waals surface area contributed by atoms with Crippen molar-refractivity contribution in [2.75, 3.05) is 7.11 Å². The Morgan fingerprint density at radius 1 is 1.39 bits per heavy atom. The van der Waals surface area contributed by atoms with Gasteiger partial charge in [0.1, 0.15) is 5.75 Å². The van der Waals surface area contributed by atoms with Crippen LogP contribution >= 0.6 is 0 Å². The van der Waals surface area contributed by atoms with Gasteiger partial charge >= 0.3 is 5.97 Å². The lowest BCUT2D eigenvalue weighted by Gasteiger charge is -2.11. The molecule has 0 amide bonds. The Bertz CT molecular complexity index is 601. The summed E-state index contributed by atoms with van der Waals surface area (Å²) in [5.74, 6) is -0.529. The van der Waals surface area contributed by atoms with Crippen molar-refractivity contribution in [1.82, 2.24) is 4.57 Å². The van der Waals surface area contributed by atoms with Crippen LogP contribution in [0.15, 0.2) is 36.5 Å². The Morgan fingerprint density at radius 3 is 2.83 bits per heavy atom. The van der Waals surface area contributed by atoms with Gasteiger partial charge in [0.05, 0.1) is 24.1 Å². The molecule has 0 saturated heterocycles. The highest BCUT2D eigenvalue weighted by atomic mass is 16.5. The Kier molecular flexibility index (Phi) is 3.14. The highest BCUT2D eigenvalue weighted by Gasteiger charge is 2.15. The molecule has 18 heavy (non-hydrogen) atoms. The van der Waals surface area contributed by atoms with E-state index in [2.05, 4.69) is 4.74 Å². The monoisotopic (exact) mass is 245 g/mol. The number of phenols is 1. The number of carbonyl (C=O) groups is 2. The predicted octanol–water partition coefficient (Wildman–Crippen LogP) is 1.78. The molecule has 2 rings (SSSR count). The molecule has 0 bridgehead atoms. The van der Waals surface area contributed by atoms with Gasteiger partial charge in [0.15, 0.2) is 6.29 Å². The minimum absolute atomic E-state index is 0.00296. The van der Waals surface area contributed by atoms with E-state index in [0.29, 0.717) is 17.7 Å². The number of benzene rings is 1.